The summed E-state index contributed by atoms with van der Waals surface area (Å²) in [6.07, 6.45) is 5.19. The van der Waals surface area contributed by atoms with Crippen molar-refractivity contribution < 1.29 is 14.5 Å². The number of ether oxygens (including phenoxy) is 1. The molecule has 3 aromatic carbocycles. The highest BCUT2D eigenvalue weighted by Crippen LogP contribution is 2.62. The van der Waals surface area contributed by atoms with Crippen LogP contribution in [-0.2, 0) is 10.1 Å². The van der Waals surface area contributed by atoms with Gasteiger partial charge in [0.2, 0.25) is 0 Å². The Bertz CT molecular complexity index is 1520. The number of allylic oxidation sites excluding steroid dienone is 4. The van der Waals surface area contributed by atoms with Crippen LogP contribution in [0.2, 0.25) is 5.82 Å². The molecule has 2 aliphatic carbocycles. The maximum Gasteiger partial charge on any atom is 0.286 e. The Labute approximate surface area is 219 Å². The third-order valence-corrected chi connectivity index (χ3v) is 8.56. The predicted molar refractivity (Wildman–Crippen MR) is 147 cm³/mol. The van der Waals surface area contributed by atoms with Crippen LogP contribution in [0.5, 0.6) is 5.75 Å². The summed E-state index contributed by atoms with van der Waals surface area (Å²) in [5, 5.41) is 20.7. The molecule has 6 rings (SSSR count). The number of para-hydroxylation sites is 1. The summed E-state index contributed by atoms with van der Waals surface area (Å²) in [6.45, 7) is 7.40. The summed E-state index contributed by atoms with van der Waals surface area (Å²) in [7, 11) is 0.422. The van der Waals surface area contributed by atoms with E-state index in [0.717, 1.165) is 45.8 Å². The van der Waals surface area contributed by atoms with Crippen molar-refractivity contribution in [2.45, 2.75) is 56.6 Å². The van der Waals surface area contributed by atoms with E-state index in [-0.39, 0.29) is 5.82 Å². The average Bonchev–Trinajstić information content (AvgIpc) is 3.18. The lowest BCUT2D eigenvalue weighted by atomic mass is 9.61. The molecule has 0 saturated carbocycles. The van der Waals surface area contributed by atoms with Gasteiger partial charge in [0.25, 0.3) is 7.48 Å². The summed E-state index contributed by atoms with van der Waals surface area (Å²) in [4.78, 5) is 0. The van der Waals surface area contributed by atoms with Gasteiger partial charge in [0.1, 0.15) is 11.5 Å². The first-order valence-corrected chi connectivity index (χ1v) is 12.9. The quantitative estimate of drug-likeness (QED) is 0.446. The first-order chi connectivity index (χ1) is 17.7. The van der Waals surface area contributed by atoms with Gasteiger partial charge in [-0.3, -0.25) is 0 Å². The molecule has 1 spiro atoms. The van der Waals surface area contributed by atoms with Crippen LogP contribution < -0.4 is 4.74 Å². The third-order valence-electron chi connectivity index (χ3n) is 8.56. The molecule has 0 fully saturated rings. The molecule has 0 saturated heterocycles. The minimum Gasteiger partial charge on any atom is -0.461 e. The fourth-order valence-corrected chi connectivity index (χ4v) is 5.97. The van der Waals surface area contributed by atoms with E-state index < -0.39 is 16.6 Å². The summed E-state index contributed by atoms with van der Waals surface area (Å²) >= 11 is 0. The minimum absolute atomic E-state index is 0.0118. The molecule has 0 bridgehead atoms. The van der Waals surface area contributed by atoms with Gasteiger partial charge >= 0.3 is 0 Å². The van der Waals surface area contributed by atoms with Gasteiger partial charge in [0.15, 0.2) is 0 Å². The molecule has 0 amide bonds. The summed E-state index contributed by atoms with van der Waals surface area (Å²) < 4.78 is 13.0. The van der Waals surface area contributed by atoms with Gasteiger partial charge < -0.3 is 14.5 Å². The van der Waals surface area contributed by atoms with Crippen molar-refractivity contribution in [1.82, 2.24) is 0 Å². The Morgan fingerprint density at radius 2 is 1.68 bits per heavy atom. The van der Waals surface area contributed by atoms with Crippen molar-refractivity contribution in [2.75, 3.05) is 0 Å². The number of nitrogens with zero attached hydrogens (tertiary/aromatic N) is 1. The fraction of sp³-hybridized carbons (Fsp3) is 0.281. The highest BCUT2D eigenvalue weighted by atomic mass is 16.5. The molecule has 37 heavy (non-hydrogen) atoms. The molecule has 184 valence electrons. The molecular weight excluding hydrogens is 457 g/mol. The smallest absolute Gasteiger partial charge is 0.286 e. The lowest BCUT2D eigenvalue weighted by molar-refractivity contribution is -0.0910. The van der Waals surface area contributed by atoms with E-state index >= 15 is 0 Å². The van der Waals surface area contributed by atoms with E-state index in [9.17, 15) is 10.4 Å². The summed E-state index contributed by atoms with van der Waals surface area (Å²) in [6, 6.07) is 25.2. The van der Waals surface area contributed by atoms with Gasteiger partial charge in [-0.2, -0.15) is 5.26 Å². The Kier molecular flexibility index (Phi) is 5.28. The number of fused-ring (bicyclic) bond motifs is 8. The lowest BCUT2D eigenvalue weighted by Crippen LogP contribution is -2.48. The van der Waals surface area contributed by atoms with Gasteiger partial charge in [-0.15, -0.1) is 0 Å². The van der Waals surface area contributed by atoms with E-state index in [2.05, 4.69) is 54.6 Å². The zero-order chi connectivity index (χ0) is 26.0. The van der Waals surface area contributed by atoms with Gasteiger partial charge in [-0.1, -0.05) is 66.7 Å². The van der Waals surface area contributed by atoms with Crippen molar-refractivity contribution in [3.05, 3.63) is 112 Å². The van der Waals surface area contributed by atoms with Crippen LogP contribution in [-0.4, -0.2) is 23.8 Å². The number of aliphatic hydroxyl groups is 1. The van der Waals surface area contributed by atoms with Crippen LogP contribution in [0.15, 0.2) is 90.2 Å². The second kappa shape index (κ2) is 8.21. The summed E-state index contributed by atoms with van der Waals surface area (Å²) in [5.41, 5.74) is 4.90. The molecule has 3 aliphatic rings. The standard InChI is InChI=1S/C32H30BNO3/c1-30(2,35)31(3,4)37-33-26-17-10-16-25-29(26)36-27-18-8-7-14-23(27)32(25)22-13-6-5-12-21(22)28-20(19-34)11-9-15-24(28)32/h5-16,18,26,33,35H,17H2,1-4H3. The minimum atomic E-state index is -0.993. The van der Waals surface area contributed by atoms with Crippen molar-refractivity contribution in [1.29, 1.82) is 5.26 Å². The molecule has 2 unspecified atom stereocenters. The Balaban J connectivity index is 1.60. The lowest BCUT2D eigenvalue weighted by Gasteiger charge is -2.43. The van der Waals surface area contributed by atoms with Crippen molar-refractivity contribution in [3.8, 4) is 22.9 Å². The molecule has 1 aliphatic heterocycles. The van der Waals surface area contributed by atoms with Gasteiger partial charge in [-0.25, -0.2) is 0 Å². The second-order valence-corrected chi connectivity index (χ2v) is 11.2. The van der Waals surface area contributed by atoms with Crippen LogP contribution in [0.3, 0.4) is 0 Å². The number of nitriles is 1. The monoisotopic (exact) mass is 487 g/mol. The van der Waals surface area contributed by atoms with E-state index in [1.54, 1.807) is 13.8 Å². The largest absolute Gasteiger partial charge is 0.461 e. The van der Waals surface area contributed by atoms with Crippen molar-refractivity contribution in [2.24, 2.45) is 0 Å². The molecule has 5 heteroatoms. The van der Waals surface area contributed by atoms with Crippen molar-refractivity contribution in [3.63, 3.8) is 0 Å². The van der Waals surface area contributed by atoms with E-state index in [1.807, 2.05) is 44.2 Å². The molecule has 1 N–H and O–H groups in total. The van der Waals surface area contributed by atoms with E-state index in [0.29, 0.717) is 13.0 Å². The first kappa shape index (κ1) is 23.8. The highest BCUT2D eigenvalue weighted by Gasteiger charge is 2.53. The fourth-order valence-electron chi connectivity index (χ4n) is 5.97. The Morgan fingerprint density at radius 1 is 0.973 bits per heavy atom. The van der Waals surface area contributed by atoms with Crippen LogP contribution in [0, 0.1) is 11.3 Å². The number of hydrogen-bond acceptors (Lipinski definition) is 4. The summed E-state index contributed by atoms with van der Waals surface area (Å²) in [5.74, 6) is 1.72. The number of rotatable bonds is 4. The molecule has 0 radical (unpaired) electrons. The average molecular weight is 487 g/mol. The SMILES string of the molecule is CC(C)(O)C(C)(C)OBC1CC=CC2=C1Oc1ccccc1C21c2ccccc2-c2c(C#N)cccc21. The number of benzene rings is 3. The van der Waals surface area contributed by atoms with E-state index in [4.69, 9.17) is 9.39 Å². The molecule has 3 aromatic rings. The van der Waals surface area contributed by atoms with E-state index in [1.165, 1.54) is 5.56 Å². The highest BCUT2D eigenvalue weighted by molar-refractivity contribution is 6.31. The first-order valence-electron chi connectivity index (χ1n) is 12.9. The molecule has 1 heterocycles. The molecule has 0 aromatic heterocycles. The van der Waals surface area contributed by atoms with Crippen LogP contribution >= 0.6 is 0 Å². The van der Waals surface area contributed by atoms with Crippen molar-refractivity contribution >= 4 is 7.48 Å². The van der Waals surface area contributed by atoms with Gasteiger partial charge in [0.05, 0.1) is 28.2 Å². The molecule has 2 atom stereocenters. The molecule has 4 nitrogen and oxygen atoms in total. The van der Waals surface area contributed by atoms with Crippen LogP contribution in [0.25, 0.3) is 11.1 Å². The topological polar surface area (TPSA) is 62.5 Å². The third kappa shape index (κ3) is 3.29. The zero-order valence-electron chi connectivity index (χ0n) is 21.7. The zero-order valence-corrected chi connectivity index (χ0v) is 21.7. The maximum absolute atomic E-state index is 10.7. The predicted octanol–water partition coefficient (Wildman–Crippen LogP) is 6.19. The number of hydrogen-bond donors (Lipinski definition) is 1. The Morgan fingerprint density at radius 3 is 2.43 bits per heavy atom. The second-order valence-electron chi connectivity index (χ2n) is 11.2. The van der Waals surface area contributed by atoms with Gasteiger partial charge in [-0.05, 0) is 62.9 Å². The normalized spacial score (nSPS) is 21.5. The van der Waals surface area contributed by atoms with Crippen LogP contribution in [0.4, 0.5) is 0 Å². The van der Waals surface area contributed by atoms with Crippen LogP contribution in [0.1, 0.15) is 56.4 Å². The van der Waals surface area contributed by atoms with Gasteiger partial charge in [0, 0.05) is 22.5 Å². The maximum atomic E-state index is 10.7. The Hall–Kier alpha value is -3.59. The molecular formula is C32H30BNO3.